The summed E-state index contributed by atoms with van der Waals surface area (Å²) >= 11 is 5.96. The van der Waals surface area contributed by atoms with Crippen LogP contribution in [0.25, 0.3) is 0 Å². The van der Waals surface area contributed by atoms with Crippen molar-refractivity contribution < 1.29 is 0 Å². The van der Waals surface area contributed by atoms with Crippen LogP contribution in [-0.4, -0.2) is 9.97 Å². The largest absolute Gasteiger partial charge is 0.305 e. The molecule has 0 radical (unpaired) electrons. The van der Waals surface area contributed by atoms with Crippen LogP contribution in [0.3, 0.4) is 0 Å². The molecule has 3 nitrogen and oxygen atoms in total. The van der Waals surface area contributed by atoms with Gasteiger partial charge in [-0.2, -0.15) is 0 Å². The zero-order valence-corrected chi connectivity index (χ0v) is 10.4. The number of hydrogen-bond donors (Lipinski definition) is 1. The monoisotopic (exact) mass is 247 g/mol. The highest BCUT2D eigenvalue weighted by Crippen LogP contribution is 2.17. The van der Waals surface area contributed by atoms with E-state index in [2.05, 4.69) is 28.3 Å². The summed E-state index contributed by atoms with van der Waals surface area (Å²) in [6.07, 6.45) is 5.13. The summed E-state index contributed by atoms with van der Waals surface area (Å²) in [5, 5.41) is 4.14. The summed E-state index contributed by atoms with van der Waals surface area (Å²) in [5.41, 5.74) is 2.10. The number of aromatic nitrogens is 2. The molecule has 1 heterocycles. The van der Waals surface area contributed by atoms with Gasteiger partial charge in [-0.3, -0.25) is 9.97 Å². The van der Waals surface area contributed by atoms with Gasteiger partial charge in [0, 0.05) is 36.2 Å². The summed E-state index contributed by atoms with van der Waals surface area (Å²) in [6, 6.07) is 8.09. The van der Waals surface area contributed by atoms with Crippen LogP contribution in [-0.2, 0) is 6.54 Å². The van der Waals surface area contributed by atoms with Gasteiger partial charge in [0.1, 0.15) is 0 Å². The summed E-state index contributed by atoms with van der Waals surface area (Å²) in [4.78, 5) is 8.24. The summed E-state index contributed by atoms with van der Waals surface area (Å²) < 4.78 is 0. The van der Waals surface area contributed by atoms with E-state index in [1.165, 1.54) is 5.56 Å². The van der Waals surface area contributed by atoms with E-state index in [-0.39, 0.29) is 6.04 Å². The predicted molar refractivity (Wildman–Crippen MR) is 68.7 cm³/mol. The molecule has 1 N–H and O–H groups in total. The Morgan fingerprint density at radius 1 is 1.35 bits per heavy atom. The summed E-state index contributed by atoms with van der Waals surface area (Å²) in [6.45, 7) is 2.80. The Morgan fingerprint density at radius 3 is 2.94 bits per heavy atom. The van der Waals surface area contributed by atoms with Crippen LogP contribution < -0.4 is 5.32 Å². The van der Waals surface area contributed by atoms with Gasteiger partial charge in [0.2, 0.25) is 0 Å². The minimum atomic E-state index is 0.232. The molecule has 0 fully saturated rings. The fourth-order valence-electron chi connectivity index (χ4n) is 1.57. The Kier molecular flexibility index (Phi) is 4.07. The highest BCUT2D eigenvalue weighted by Gasteiger charge is 2.05. The maximum Gasteiger partial charge on any atom is 0.0724 e. The van der Waals surface area contributed by atoms with Gasteiger partial charge in [-0.05, 0) is 24.6 Å². The third-order valence-corrected chi connectivity index (χ3v) is 2.79. The topological polar surface area (TPSA) is 37.8 Å². The second-order valence-electron chi connectivity index (χ2n) is 3.85. The van der Waals surface area contributed by atoms with E-state index < -0.39 is 0 Å². The highest BCUT2D eigenvalue weighted by molar-refractivity contribution is 6.30. The van der Waals surface area contributed by atoms with Crippen LogP contribution in [0.2, 0.25) is 5.02 Å². The molecule has 0 saturated heterocycles. The molecule has 2 rings (SSSR count). The molecule has 0 aliphatic heterocycles. The van der Waals surface area contributed by atoms with Crippen LogP contribution in [0.15, 0.2) is 42.9 Å². The zero-order chi connectivity index (χ0) is 12.1. The fourth-order valence-corrected chi connectivity index (χ4v) is 1.77. The Hall–Kier alpha value is -1.45. The van der Waals surface area contributed by atoms with Crippen molar-refractivity contribution in [1.29, 1.82) is 0 Å². The van der Waals surface area contributed by atoms with E-state index in [1.54, 1.807) is 18.6 Å². The molecule has 1 aromatic heterocycles. The normalized spacial score (nSPS) is 12.4. The van der Waals surface area contributed by atoms with Gasteiger partial charge in [0.15, 0.2) is 0 Å². The highest BCUT2D eigenvalue weighted by atomic mass is 35.5. The smallest absolute Gasteiger partial charge is 0.0724 e. The molecule has 0 unspecified atom stereocenters. The Morgan fingerprint density at radius 2 is 2.24 bits per heavy atom. The van der Waals surface area contributed by atoms with Crippen LogP contribution in [0.1, 0.15) is 24.2 Å². The first-order valence-electron chi connectivity index (χ1n) is 5.49. The van der Waals surface area contributed by atoms with Crippen molar-refractivity contribution in [2.24, 2.45) is 0 Å². The van der Waals surface area contributed by atoms with Gasteiger partial charge in [-0.25, -0.2) is 0 Å². The van der Waals surface area contributed by atoms with E-state index in [1.807, 2.05) is 18.2 Å². The Balaban J connectivity index is 1.96. The number of halogens is 1. The fraction of sp³-hybridized carbons (Fsp3) is 0.231. The van der Waals surface area contributed by atoms with Crippen molar-refractivity contribution in [3.8, 4) is 0 Å². The molecule has 0 spiro atoms. The quantitative estimate of drug-likeness (QED) is 0.903. The molecule has 4 heteroatoms. The lowest BCUT2D eigenvalue weighted by Gasteiger charge is -2.13. The molecule has 0 saturated carbocycles. The molecule has 17 heavy (non-hydrogen) atoms. The minimum absolute atomic E-state index is 0.232. The van der Waals surface area contributed by atoms with Crippen LogP contribution in [0, 0.1) is 0 Å². The first-order chi connectivity index (χ1) is 8.25. The van der Waals surface area contributed by atoms with Crippen LogP contribution in [0.5, 0.6) is 0 Å². The standard InChI is InChI=1S/C13H14ClN3/c1-10(11-3-2-4-12(14)7-11)17-9-13-8-15-5-6-16-13/h2-8,10,17H,9H2,1H3/t10-/m0/s1. The van der Waals surface area contributed by atoms with Crippen LogP contribution >= 0.6 is 11.6 Å². The number of nitrogens with zero attached hydrogens (tertiary/aromatic N) is 2. The summed E-state index contributed by atoms with van der Waals surface area (Å²) in [7, 11) is 0. The van der Waals surface area contributed by atoms with Gasteiger partial charge in [0.05, 0.1) is 5.69 Å². The molecular formula is C13H14ClN3. The number of rotatable bonds is 4. The molecule has 0 aliphatic rings. The third kappa shape index (κ3) is 3.51. The van der Waals surface area contributed by atoms with Gasteiger partial charge in [-0.1, -0.05) is 23.7 Å². The van der Waals surface area contributed by atoms with Gasteiger partial charge in [-0.15, -0.1) is 0 Å². The van der Waals surface area contributed by atoms with Crippen molar-refractivity contribution in [1.82, 2.24) is 15.3 Å². The summed E-state index contributed by atoms with van der Waals surface area (Å²) in [5.74, 6) is 0. The molecule has 0 amide bonds. The second-order valence-corrected chi connectivity index (χ2v) is 4.29. The first kappa shape index (κ1) is 12.0. The third-order valence-electron chi connectivity index (χ3n) is 2.55. The SMILES string of the molecule is C[C@H](NCc1cnccn1)c1cccc(Cl)c1. The molecule has 88 valence electrons. The van der Waals surface area contributed by atoms with Crippen molar-refractivity contribution >= 4 is 11.6 Å². The van der Waals surface area contributed by atoms with Crippen molar-refractivity contribution in [3.63, 3.8) is 0 Å². The average molecular weight is 248 g/mol. The van der Waals surface area contributed by atoms with E-state index in [9.17, 15) is 0 Å². The van der Waals surface area contributed by atoms with Crippen LogP contribution in [0.4, 0.5) is 0 Å². The Labute approximate surface area is 106 Å². The molecule has 1 atom stereocenters. The molecule has 1 aromatic carbocycles. The van der Waals surface area contributed by atoms with Crippen molar-refractivity contribution in [2.75, 3.05) is 0 Å². The zero-order valence-electron chi connectivity index (χ0n) is 9.60. The van der Waals surface area contributed by atoms with Crippen molar-refractivity contribution in [3.05, 3.63) is 59.1 Å². The van der Waals surface area contributed by atoms with E-state index in [0.717, 1.165) is 10.7 Å². The predicted octanol–water partition coefficient (Wildman–Crippen LogP) is 2.98. The molecule has 2 aromatic rings. The van der Waals surface area contributed by atoms with Gasteiger partial charge >= 0.3 is 0 Å². The number of hydrogen-bond acceptors (Lipinski definition) is 3. The lowest BCUT2D eigenvalue weighted by molar-refractivity contribution is 0.566. The maximum absolute atomic E-state index is 5.96. The lowest BCUT2D eigenvalue weighted by Crippen LogP contribution is -2.18. The Bertz CT molecular complexity index is 473. The van der Waals surface area contributed by atoms with E-state index in [4.69, 9.17) is 11.6 Å². The number of nitrogens with one attached hydrogen (secondary N) is 1. The first-order valence-corrected chi connectivity index (χ1v) is 5.87. The van der Waals surface area contributed by atoms with Gasteiger partial charge < -0.3 is 5.32 Å². The van der Waals surface area contributed by atoms with Gasteiger partial charge in [0.25, 0.3) is 0 Å². The molecule has 0 bridgehead atoms. The average Bonchev–Trinajstić information content (AvgIpc) is 2.37. The number of benzene rings is 1. The molecular weight excluding hydrogens is 234 g/mol. The maximum atomic E-state index is 5.96. The van der Waals surface area contributed by atoms with Crippen molar-refractivity contribution in [2.45, 2.75) is 19.5 Å². The van der Waals surface area contributed by atoms with E-state index >= 15 is 0 Å². The molecule has 0 aliphatic carbocycles. The second kappa shape index (κ2) is 5.75. The van der Waals surface area contributed by atoms with E-state index in [0.29, 0.717) is 6.54 Å². The lowest BCUT2D eigenvalue weighted by atomic mass is 10.1. The minimum Gasteiger partial charge on any atom is -0.305 e.